The molecule has 1 aromatic rings. The summed E-state index contributed by atoms with van der Waals surface area (Å²) in [7, 11) is 2.95. The zero-order valence-corrected chi connectivity index (χ0v) is 11.7. The minimum atomic E-state index is -0.532. The van der Waals surface area contributed by atoms with Gasteiger partial charge in [-0.1, -0.05) is 19.9 Å². The first-order valence-electron chi connectivity index (χ1n) is 5.94. The minimum absolute atomic E-state index is 0.0661. The first-order chi connectivity index (χ1) is 8.95. The second-order valence-corrected chi connectivity index (χ2v) is 4.94. The highest BCUT2D eigenvalue weighted by molar-refractivity contribution is 5.95. The molecule has 0 aliphatic rings. The maximum absolute atomic E-state index is 12.1. The quantitative estimate of drug-likeness (QED) is 0.798. The maximum Gasteiger partial charge on any atom is 0.345 e. The molecule has 1 N–H and O–H groups in total. The van der Waals surface area contributed by atoms with Crippen LogP contribution in [0.5, 0.6) is 11.5 Å². The minimum Gasteiger partial charge on any atom is -0.496 e. The van der Waals surface area contributed by atoms with Crippen LogP contribution in [0, 0.1) is 5.41 Å². The van der Waals surface area contributed by atoms with Gasteiger partial charge in [0.05, 0.1) is 27.4 Å². The summed E-state index contributed by atoms with van der Waals surface area (Å²) in [5.41, 5.74) is -0.230. The Hall–Kier alpha value is -1.75. The van der Waals surface area contributed by atoms with Crippen molar-refractivity contribution in [2.24, 2.45) is 5.41 Å². The Morgan fingerprint density at radius 2 is 1.74 bits per heavy atom. The van der Waals surface area contributed by atoms with Crippen molar-refractivity contribution in [3.05, 3.63) is 23.8 Å². The fourth-order valence-electron chi connectivity index (χ4n) is 1.43. The largest absolute Gasteiger partial charge is 0.496 e. The van der Waals surface area contributed by atoms with Gasteiger partial charge in [-0.2, -0.15) is 0 Å². The van der Waals surface area contributed by atoms with E-state index in [-0.39, 0.29) is 18.8 Å². The van der Waals surface area contributed by atoms with Gasteiger partial charge in [0.1, 0.15) is 17.1 Å². The van der Waals surface area contributed by atoms with Gasteiger partial charge in [-0.15, -0.1) is 0 Å². The molecule has 5 heteroatoms. The molecule has 0 radical (unpaired) electrons. The van der Waals surface area contributed by atoms with Crippen LogP contribution in [-0.2, 0) is 4.74 Å². The van der Waals surface area contributed by atoms with Crippen molar-refractivity contribution in [3.8, 4) is 11.5 Å². The van der Waals surface area contributed by atoms with Gasteiger partial charge in [-0.3, -0.25) is 0 Å². The lowest BCUT2D eigenvalue weighted by Crippen LogP contribution is -2.25. The van der Waals surface area contributed by atoms with Crippen molar-refractivity contribution in [1.29, 1.82) is 0 Å². The lowest BCUT2D eigenvalue weighted by Gasteiger charge is -2.21. The molecule has 0 fully saturated rings. The Labute approximate surface area is 113 Å². The van der Waals surface area contributed by atoms with E-state index >= 15 is 0 Å². The summed E-state index contributed by atoms with van der Waals surface area (Å²) in [5, 5.41) is 9.14. The number of hydrogen-bond acceptors (Lipinski definition) is 5. The van der Waals surface area contributed by atoms with Gasteiger partial charge in [0.25, 0.3) is 0 Å². The SMILES string of the molecule is COc1cccc(OC)c1C(=O)OCC(C)(C)CO. The molecule has 0 saturated carbocycles. The summed E-state index contributed by atoms with van der Waals surface area (Å²) in [6.07, 6.45) is 0. The summed E-state index contributed by atoms with van der Waals surface area (Å²) in [6, 6.07) is 5.05. The fourth-order valence-corrected chi connectivity index (χ4v) is 1.43. The van der Waals surface area contributed by atoms with Crippen LogP contribution in [0.3, 0.4) is 0 Å². The van der Waals surface area contributed by atoms with Crippen LogP contribution >= 0.6 is 0 Å². The van der Waals surface area contributed by atoms with E-state index < -0.39 is 11.4 Å². The number of carbonyl (C=O) groups excluding carboxylic acids is 1. The van der Waals surface area contributed by atoms with Crippen LogP contribution < -0.4 is 9.47 Å². The zero-order valence-electron chi connectivity index (χ0n) is 11.7. The van der Waals surface area contributed by atoms with Crippen LogP contribution in [0.2, 0.25) is 0 Å². The molecular formula is C14H20O5. The highest BCUT2D eigenvalue weighted by atomic mass is 16.5. The summed E-state index contributed by atoms with van der Waals surface area (Å²) in [6.45, 7) is 3.66. The molecule has 1 rings (SSSR count). The van der Waals surface area contributed by atoms with Crippen molar-refractivity contribution in [2.45, 2.75) is 13.8 Å². The van der Waals surface area contributed by atoms with E-state index in [1.807, 2.05) is 0 Å². The molecule has 0 aliphatic heterocycles. The molecule has 1 aromatic carbocycles. The number of methoxy groups -OCH3 is 2. The van der Waals surface area contributed by atoms with Gasteiger partial charge in [0.15, 0.2) is 0 Å². The number of hydrogen-bond donors (Lipinski definition) is 1. The Bertz CT molecular complexity index is 417. The molecule has 0 bridgehead atoms. The lowest BCUT2D eigenvalue weighted by molar-refractivity contribution is 0.0213. The summed E-state index contributed by atoms with van der Waals surface area (Å²) in [5.74, 6) is 0.258. The van der Waals surface area contributed by atoms with E-state index in [9.17, 15) is 4.79 Å². The number of esters is 1. The standard InChI is InChI=1S/C14H20O5/c1-14(2,8-15)9-19-13(16)12-10(17-3)6-5-7-11(12)18-4/h5-7,15H,8-9H2,1-4H3. The molecule has 0 spiro atoms. The predicted octanol–water partition coefficient (Wildman–Crippen LogP) is 1.88. The van der Waals surface area contributed by atoms with E-state index in [0.717, 1.165) is 0 Å². The van der Waals surface area contributed by atoms with E-state index in [1.165, 1.54) is 14.2 Å². The highest BCUT2D eigenvalue weighted by Crippen LogP contribution is 2.29. The van der Waals surface area contributed by atoms with E-state index in [2.05, 4.69) is 0 Å². The molecule has 0 saturated heterocycles. The van der Waals surface area contributed by atoms with Crippen LogP contribution in [0.1, 0.15) is 24.2 Å². The third kappa shape index (κ3) is 3.86. The number of ether oxygens (including phenoxy) is 3. The van der Waals surface area contributed by atoms with Crippen molar-refractivity contribution >= 4 is 5.97 Å². The second kappa shape index (κ2) is 6.43. The molecule has 0 unspecified atom stereocenters. The normalized spacial score (nSPS) is 11.0. The molecule has 0 amide bonds. The second-order valence-electron chi connectivity index (χ2n) is 4.94. The number of aliphatic hydroxyl groups excluding tert-OH is 1. The number of benzene rings is 1. The van der Waals surface area contributed by atoms with Crippen LogP contribution in [0.4, 0.5) is 0 Å². The molecule has 5 nitrogen and oxygen atoms in total. The topological polar surface area (TPSA) is 65.0 Å². The summed E-state index contributed by atoms with van der Waals surface area (Å²) < 4.78 is 15.5. The Morgan fingerprint density at radius 3 is 2.16 bits per heavy atom. The van der Waals surface area contributed by atoms with Crippen LogP contribution in [0.15, 0.2) is 18.2 Å². The summed E-state index contributed by atoms with van der Waals surface area (Å²) >= 11 is 0. The third-order valence-corrected chi connectivity index (χ3v) is 2.65. The van der Waals surface area contributed by atoms with Gasteiger partial charge in [0.2, 0.25) is 0 Å². The molecule has 19 heavy (non-hydrogen) atoms. The Balaban J connectivity index is 2.93. The van der Waals surface area contributed by atoms with Gasteiger partial charge in [-0.05, 0) is 12.1 Å². The van der Waals surface area contributed by atoms with Crippen molar-refractivity contribution in [2.75, 3.05) is 27.4 Å². The van der Waals surface area contributed by atoms with Gasteiger partial charge >= 0.3 is 5.97 Å². The van der Waals surface area contributed by atoms with E-state index in [4.69, 9.17) is 19.3 Å². The van der Waals surface area contributed by atoms with Crippen LogP contribution in [0.25, 0.3) is 0 Å². The monoisotopic (exact) mass is 268 g/mol. The average molecular weight is 268 g/mol. The molecule has 0 aromatic heterocycles. The number of aliphatic hydroxyl groups is 1. The van der Waals surface area contributed by atoms with E-state index in [1.54, 1.807) is 32.0 Å². The predicted molar refractivity (Wildman–Crippen MR) is 70.7 cm³/mol. The molecule has 0 atom stereocenters. The molecule has 0 aliphatic carbocycles. The van der Waals surface area contributed by atoms with E-state index in [0.29, 0.717) is 11.5 Å². The first-order valence-corrected chi connectivity index (χ1v) is 5.94. The van der Waals surface area contributed by atoms with Crippen molar-refractivity contribution in [1.82, 2.24) is 0 Å². The summed E-state index contributed by atoms with van der Waals surface area (Å²) in [4.78, 5) is 12.1. The van der Waals surface area contributed by atoms with Crippen LogP contribution in [-0.4, -0.2) is 38.5 Å². The Kier molecular flexibility index (Phi) is 5.18. The van der Waals surface area contributed by atoms with Gasteiger partial charge < -0.3 is 19.3 Å². The van der Waals surface area contributed by atoms with Crippen molar-refractivity contribution in [3.63, 3.8) is 0 Å². The molecule has 0 heterocycles. The molecular weight excluding hydrogens is 248 g/mol. The average Bonchev–Trinajstić information content (AvgIpc) is 2.43. The smallest absolute Gasteiger partial charge is 0.345 e. The number of rotatable bonds is 6. The highest BCUT2D eigenvalue weighted by Gasteiger charge is 2.24. The molecule has 106 valence electrons. The van der Waals surface area contributed by atoms with Gasteiger partial charge in [-0.25, -0.2) is 4.79 Å². The zero-order chi connectivity index (χ0) is 14.5. The fraction of sp³-hybridized carbons (Fsp3) is 0.500. The van der Waals surface area contributed by atoms with Crippen molar-refractivity contribution < 1.29 is 24.1 Å². The Morgan fingerprint density at radius 1 is 1.21 bits per heavy atom. The lowest BCUT2D eigenvalue weighted by atomic mass is 9.96. The first kappa shape index (κ1) is 15.3. The van der Waals surface area contributed by atoms with Gasteiger partial charge in [0, 0.05) is 5.41 Å². The number of carbonyl (C=O) groups is 1. The maximum atomic E-state index is 12.1. The third-order valence-electron chi connectivity index (χ3n) is 2.65.